The summed E-state index contributed by atoms with van der Waals surface area (Å²) in [5.74, 6) is 0.923. The molecule has 0 aromatic heterocycles. The summed E-state index contributed by atoms with van der Waals surface area (Å²) in [6, 6.07) is 6.02. The zero-order chi connectivity index (χ0) is 16.2. The van der Waals surface area contributed by atoms with Crippen molar-refractivity contribution in [3.8, 4) is 0 Å². The van der Waals surface area contributed by atoms with Crippen LogP contribution in [0.2, 0.25) is 0 Å². The lowest BCUT2D eigenvalue weighted by Crippen LogP contribution is -2.44. The molecule has 0 N–H and O–H groups in total. The summed E-state index contributed by atoms with van der Waals surface area (Å²) < 4.78 is 5.41. The molecular formula is C19H28N2O2. The first kappa shape index (κ1) is 16.5. The van der Waals surface area contributed by atoms with E-state index in [9.17, 15) is 4.79 Å². The van der Waals surface area contributed by atoms with E-state index in [1.807, 2.05) is 24.0 Å². The largest absolute Gasteiger partial charge is 0.379 e. The number of hydrogen-bond acceptors (Lipinski definition) is 3. The van der Waals surface area contributed by atoms with Gasteiger partial charge in [-0.15, -0.1) is 0 Å². The molecule has 2 aliphatic rings. The highest BCUT2D eigenvalue weighted by Crippen LogP contribution is 2.22. The molecule has 1 amide bonds. The Balaban J connectivity index is 1.54. The third-order valence-electron chi connectivity index (χ3n) is 5.36. The predicted molar refractivity (Wildman–Crippen MR) is 91.8 cm³/mol. The number of ether oxygens (including phenoxy) is 1. The van der Waals surface area contributed by atoms with Gasteiger partial charge in [-0.3, -0.25) is 9.69 Å². The maximum atomic E-state index is 12.8. The predicted octanol–water partition coefficient (Wildman–Crippen LogP) is 2.49. The zero-order valence-electron chi connectivity index (χ0n) is 14.4. The number of benzene rings is 1. The van der Waals surface area contributed by atoms with Gasteiger partial charge in [0.25, 0.3) is 5.91 Å². The number of carbonyl (C=O) groups is 1. The monoisotopic (exact) mass is 316 g/mol. The molecule has 23 heavy (non-hydrogen) atoms. The molecule has 3 rings (SSSR count). The number of carbonyl (C=O) groups excluding carboxylic acids is 1. The summed E-state index contributed by atoms with van der Waals surface area (Å²) in [5.41, 5.74) is 3.18. The highest BCUT2D eigenvalue weighted by molar-refractivity contribution is 5.96. The molecule has 0 spiro atoms. The normalized spacial score (nSPS) is 20.7. The van der Waals surface area contributed by atoms with Crippen molar-refractivity contribution in [2.45, 2.75) is 26.7 Å². The third kappa shape index (κ3) is 3.93. The van der Waals surface area contributed by atoms with Crippen molar-refractivity contribution in [3.63, 3.8) is 0 Å². The lowest BCUT2D eigenvalue weighted by atomic mass is 9.94. The van der Waals surface area contributed by atoms with Crippen LogP contribution in [0.3, 0.4) is 0 Å². The zero-order valence-corrected chi connectivity index (χ0v) is 14.4. The van der Waals surface area contributed by atoms with Crippen LogP contribution < -0.4 is 0 Å². The minimum Gasteiger partial charge on any atom is -0.379 e. The summed E-state index contributed by atoms with van der Waals surface area (Å²) in [5, 5.41) is 0. The number of nitrogens with zero attached hydrogens (tertiary/aromatic N) is 2. The molecule has 0 unspecified atom stereocenters. The van der Waals surface area contributed by atoms with Gasteiger partial charge in [-0.2, -0.15) is 0 Å². The SMILES string of the molecule is Cc1cccc(C(=O)N2CCC(CN3CCOCC3)CC2)c1C. The van der Waals surface area contributed by atoms with E-state index in [0.29, 0.717) is 0 Å². The number of likely N-dealkylation sites (tertiary alicyclic amines) is 1. The smallest absolute Gasteiger partial charge is 0.254 e. The number of hydrogen-bond donors (Lipinski definition) is 0. The van der Waals surface area contributed by atoms with E-state index in [1.165, 1.54) is 5.56 Å². The molecule has 1 aromatic carbocycles. The van der Waals surface area contributed by atoms with Gasteiger partial charge in [-0.1, -0.05) is 12.1 Å². The van der Waals surface area contributed by atoms with Gasteiger partial charge in [-0.25, -0.2) is 0 Å². The van der Waals surface area contributed by atoms with Crippen molar-refractivity contribution in [3.05, 3.63) is 34.9 Å². The first-order valence-electron chi connectivity index (χ1n) is 8.80. The topological polar surface area (TPSA) is 32.8 Å². The van der Waals surface area contributed by atoms with Crippen molar-refractivity contribution in [1.82, 2.24) is 9.80 Å². The highest BCUT2D eigenvalue weighted by atomic mass is 16.5. The molecule has 0 bridgehead atoms. The third-order valence-corrected chi connectivity index (χ3v) is 5.36. The van der Waals surface area contributed by atoms with Gasteiger partial charge < -0.3 is 9.64 Å². The van der Waals surface area contributed by atoms with Crippen molar-refractivity contribution >= 4 is 5.91 Å². The number of morpholine rings is 1. The summed E-state index contributed by atoms with van der Waals surface area (Å²) in [6.07, 6.45) is 2.24. The van der Waals surface area contributed by atoms with E-state index in [4.69, 9.17) is 4.74 Å². The molecular weight excluding hydrogens is 288 g/mol. The van der Waals surface area contributed by atoms with Gasteiger partial charge in [-0.05, 0) is 49.8 Å². The lowest BCUT2D eigenvalue weighted by molar-refractivity contribution is 0.0243. The minimum absolute atomic E-state index is 0.205. The molecule has 2 aliphatic heterocycles. The van der Waals surface area contributed by atoms with Gasteiger partial charge in [0, 0.05) is 38.3 Å². The van der Waals surface area contributed by atoms with Crippen molar-refractivity contribution in [2.75, 3.05) is 45.9 Å². The maximum absolute atomic E-state index is 12.8. The van der Waals surface area contributed by atoms with E-state index in [0.717, 1.165) is 75.8 Å². The van der Waals surface area contributed by atoms with E-state index in [-0.39, 0.29) is 5.91 Å². The Hall–Kier alpha value is -1.39. The van der Waals surface area contributed by atoms with Crippen LogP contribution in [0, 0.1) is 19.8 Å². The second-order valence-corrected chi connectivity index (χ2v) is 6.90. The van der Waals surface area contributed by atoms with Crippen LogP contribution in [0.5, 0.6) is 0 Å². The first-order chi connectivity index (χ1) is 11.1. The number of amides is 1. The summed E-state index contributed by atoms with van der Waals surface area (Å²) in [7, 11) is 0. The summed E-state index contributed by atoms with van der Waals surface area (Å²) in [4.78, 5) is 17.3. The Kier molecular flexibility index (Phi) is 5.34. The minimum atomic E-state index is 0.205. The highest BCUT2D eigenvalue weighted by Gasteiger charge is 2.26. The number of aryl methyl sites for hydroxylation is 1. The number of piperidine rings is 1. The molecule has 126 valence electrons. The van der Waals surface area contributed by atoms with Crippen LogP contribution >= 0.6 is 0 Å². The van der Waals surface area contributed by atoms with Gasteiger partial charge in [0.15, 0.2) is 0 Å². The molecule has 0 saturated carbocycles. The van der Waals surface area contributed by atoms with Gasteiger partial charge in [0.05, 0.1) is 13.2 Å². The Morgan fingerprint density at radius 2 is 1.83 bits per heavy atom. The molecule has 2 saturated heterocycles. The first-order valence-corrected chi connectivity index (χ1v) is 8.80. The lowest BCUT2D eigenvalue weighted by Gasteiger charge is -2.36. The van der Waals surface area contributed by atoms with Crippen LogP contribution in [0.15, 0.2) is 18.2 Å². The Morgan fingerprint density at radius 1 is 1.13 bits per heavy atom. The Morgan fingerprint density at radius 3 is 2.52 bits per heavy atom. The molecule has 4 heteroatoms. The van der Waals surface area contributed by atoms with Crippen LogP contribution in [0.4, 0.5) is 0 Å². The van der Waals surface area contributed by atoms with Crippen molar-refractivity contribution in [1.29, 1.82) is 0 Å². The van der Waals surface area contributed by atoms with Crippen LogP contribution in [-0.4, -0.2) is 61.6 Å². The van der Waals surface area contributed by atoms with Crippen LogP contribution in [0.1, 0.15) is 34.3 Å². The molecule has 2 heterocycles. The van der Waals surface area contributed by atoms with E-state index >= 15 is 0 Å². The fourth-order valence-electron chi connectivity index (χ4n) is 3.62. The average molecular weight is 316 g/mol. The fraction of sp³-hybridized carbons (Fsp3) is 0.632. The maximum Gasteiger partial charge on any atom is 0.254 e. The molecule has 2 fully saturated rings. The molecule has 1 aromatic rings. The average Bonchev–Trinajstić information content (AvgIpc) is 2.58. The van der Waals surface area contributed by atoms with Crippen molar-refractivity contribution in [2.24, 2.45) is 5.92 Å². The number of rotatable bonds is 3. The van der Waals surface area contributed by atoms with Gasteiger partial charge in [0.2, 0.25) is 0 Å². The van der Waals surface area contributed by atoms with Crippen LogP contribution in [0.25, 0.3) is 0 Å². The van der Waals surface area contributed by atoms with E-state index in [2.05, 4.69) is 17.9 Å². The van der Waals surface area contributed by atoms with Crippen molar-refractivity contribution < 1.29 is 9.53 Å². The Labute approximate surface area is 139 Å². The standard InChI is InChI=1S/C19H28N2O2/c1-15-4-3-5-18(16(15)2)19(22)21-8-6-17(7-9-21)14-20-10-12-23-13-11-20/h3-5,17H,6-14H2,1-2H3. The Bertz CT molecular complexity index is 544. The molecule has 0 aliphatic carbocycles. The summed E-state index contributed by atoms with van der Waals surface area (Å²) >= 11 is 0. The molecule has 4 nitrogen and oxygen atoms in total. The van der Waals surface area contributed by atoms with Crippen LogP contribution in [-0.2, 0) is 4.74 Å². The van der Waals surface area contributed by atoms with E-state index in [1.54, 1.807) is 0 Å². The fourth-order valence-corrected chi connectivity index (χ4v) is 3.62. The second kappa shape index (κ2) is 7.45. The van der Waals surface area contributed by atoms with Gasteiger partial charge >= 0.3 is 0 Å². The quantitative estimate of drug-likeness (QED) is 0.859. The second-order valence-electron chi connectivity index (χ2n) is 6.90. The molecule has 0 radical (unpaired) electrons. The summed E-state index contributed by atoms with van der Waals surface area (Å²) in [6.45, 7) is 10.9. The van der Waals surface area contributed by atoms with E-state index < -0.39 is 0 Å². The molecule has 0 atom stereocenters. The van der Waals surface area contributed by atoms with Gasteiger partial charge in [0.1, 0.15) is 0 Å².